The predicted molar refractivity (Wildman–Crippen MR) is 79.4 cm³/mol. The minimum atomic E-state index is -0.375. The van der Waals surface area contributed by atoms with Crippen LogP contribution in [0.4, 0.5) is 5.95 Å². The minimum absolute atomic E-state index is 0.214. The van der Waals surface area contributed by atoms with E-state index in [9.17, 15) is 4.79 Å². The predicted octanol–water partition coefficient (Wildman–Crippen LogP) is 1.70. The molecule has 2 heterocycles. The molecular weight excluding hydrogens is 270 g/mol. The van der Waals surface area contributed by atoms with Crippen LogP contribution in [0.5, 0.6) is 0 Å². The van der Waals surface area contributed by atoms with Gasteiger partial charge in [0.05, 0.1) is 17.9 Å². The number of nitrogens with zero attached hydrogens (tertiary/aromatic N) is 3. The highest BCUT2D eigenvalue weighted by Crippen LogP contribution is 2.25. The molecule has 116 valence electrons. The molecule has 1 atom stereocenters. The molecule has 1 N–H and O–H groups in total. The summed E-state index contributed by atoms with van der Waals surface area (Å²) in [6.07, 6.45) is 5.50. The van der Waals surface area contributed by atoms with Gasteiger partial charge in [-0.2, -0.15) is 0 Å². The molecule has 1 fully saturated rings. The first-order chi connectivity index (χ1) is 10.2. The lowest BCUT2D eigenvalue weighted by atomic mass is 10.1. The average molecular weight is 293 g/mol. The number of hydrogen-bond donors (Lipinski definition) is 1. The van der Waals surface area contributed by atoms with E-state index in [2.05, 4.69) is 14.9 Å². The number of aromatic nitrogens is 2. The number of carbonyl (C=O) groups excluding carboxylic acids is 1. The van der Waals surface area contributed by atoms with E-state index in [0.717, 1.165) is 32.2 Å². The Labute approximate surface area is 125 Å². The van der Waals surface area contributed by atoms with Crippen LogP contribution in [0.15, 0.2) is 6.20 Å². The summed E-state index contributed by atoms with van der Waals surface area (Å²) in [5.74, 6) is 0.292. The molecule has 6 nitrogen and oxygen atoms in total. The third-order valence-electron chi connectivity index (χ3n) is 3.79. The number of hydrogen-bond acceptors (Lipinski definition) is 6. The van der Waals surface area contributed by atoms with Gasteiger partial charge in [-0.1, -0.05) is 0 Å². The topological polar surface area (TPSA) is 75.5 Å². The van der Waals surface area contributed by atoms with Gasteiger partial charge < -0.3 is 14.7 Å². The molecule has 1 unspecified atom stereocenters. The van der Waals surface area contributed by atoms with Crippen molar-refractivity contribution in [1.82, 2.24) is 9.97 Å². The molecule has 0 bridgehead atoms. The van der Waals surface area contributed by atoms with E-state index in [1.54, 1.807) is 20.0 Å². The average Bonchev–Trinajstić information content (AvgIpc) is 2.93. The second kappa shape index (κ2) is 7.36. The molecule has 1 saturated heterocycles. The molecule has 0 amide bonds. The van der Waals surface area contributed by atoms with Gasteiger partial charge in [0.15, 0.2) is 0 Å². The third-order valence-corrected chi connectivity index (χ3v) is 3.79. The molecular formula is C15H23N3O3. The van der Waals surface area contributed by atoms with Gasteiger partial charge in [0.1, 0.15) is 0 Å². The fourth-order valence-corrected chi connectivity index (χ4v) is 2.73. The van der Waals surface area contributed by atoms with Gasteiger partial charge in [0.25, 0.3) is 0 Å². The fraction of sp³-hybridized carbons (Fsp3) is 0.667. The van der Waals surface area contributed by atoms with Crippen LogP contribution in [-0.4, -0.2) is 46.8 Å². The van der Waals surface area contributed by atoms with Crippen molar-refractivity contribution in [3.63, 3.8) is 0 Å². The van der Waals surface area contributed by atoms with Crippen molar-refractivity contribution in [3.8, 4) is 0 Å². The van der Waals surface area contributed by atoms with E-state index in [-0.39, 0.29) is 12.6 Å². The van der Waals surface area contributed by atoms with Gasteiger partial charge in [0.2, 0.25) is 5.95 Å². The Bertz CT molecular complexity index is 493. The Morgan fingerprint density at radius 2 is 2.38 bits per heavy atom. The summed E-state index contributed by atoms with van der Waals surface area (Å²) in [5, 5.41) is 8.97. The maximum Gasteiger partial charge on any atom is 0.341 e. The molecule has 1 aliphatic heterocycles. The van der Waals surface area contributed by atoms with Crippen LogP contribution in [0.1, 0.15) is 48.7 Å². The number of aliphatic hydroxyl groups is 1. The van der Waals surface area contributed by atoms with Crippen molar-refractivity contribution in [1.29, 1.82) is 0 Å². The van der Waals surface area contributed by atoms with E-state index in [4.69, 9.17) is 9.84 Å². The first-order valence-corrected chi connectivity index (χ1v) is 7.55. The summed E-state index contributed by atoms with van der Waals surface area (Å²) >= 11 is 0. The molecule has 0 saturated carbocycles. The van der Waals surface area contributed by atoms with Crippen LogP contribution in [0.25, 0.3) is 0 Å². The molecule has 0 aromatic carbocycles. The lowest BCUT2D eigenvalue weighted by Gasteiger charge is -2.24. The minimum Gasteiger partial charge on any atom is -0.462 e. The second-order valence-corrected chi connectivity index (χ2v) is 5.24. The van der Waals surface area contributed by atoms with Crippen LogP contribution in [0.2, 0.25) is 0 Å². The number of rotatable bonds is 6. The number of ether oxygens (including phenoxy) is 1. The van der Waals surface area contributed by atoms with Crippen molar-refractivity contribution in [2.24, 2.45) is 0 Å². The first kappa shape index (κ1) is 15.7. The largest absolute Gasteiger partial charge is 0.462 e. The van der Waals surface area contributed by atoms with Crippen LogP contribution in [0, 0.1) is 6.92 Å². The zero-order chi connectivity index (χ0) is 15.2. The van der Waals surface area contributed by atoms with E-state index in [1.807, 2.05) is 0 Å². The molecule has 0 aliphatic carbocycles. The van der Waals surface area contributed by atoms with Gasteiger partial charge in [-0.05, 0) is 39.5 Å². The summed E-state index contributed by atoms with van der Waals surface area (Å²) < 4.78 is 4.99. The molecule has 21 heavy (non-hydrogen) atoms. The fourth-order valence-electron chi connectivity index (χ4n) is 2.73. The molecule has 1 aromatic rings. The van der Waals surface area contributed by atoms with Gasteiger partial charge in [-0.15, -0.1) is 0 Å². The quantitative estimate of drug-likeness (QED) is 0.805. The summed E-state index contributed by atoms with van der Waals surface area (Å²) in [7, 11) is 0. The zero-order valence-corrected chi connectivity index (χ0v) is 12.7. The Kier molecular flexibility index (Phi) is 5.50. The van der Waals surface area contributed by atoms with Crippen LogP contribution < -0.4 is 4.90 Å². The third kappa shape index (κ3) is 3.69. The van der Waals surface area contributed by atoms with E-state index < -0.39 is 0 Å². The van der Waals surface area contributed by atoms with Crippen molar-refractivity contribution in [2.75, 3.05) is 24.7 Å². The molecule has 0 spiro atoms. The van der Waals surface area contributed by atoms with Gasteiger partial charge >= 0.3 is 5.97 Å². The van der Waals surface area contributed by atoms with E-state index >= 15 is 0 Å². The van der Waals surface area contributed by atoms with Crippen molar-refractivity contribution in [2.45, 2.75) is 45.6 Å². The SMILES string of the molecule is CCOC(=O)c1cnc(N2CCCC2CCCO)nc1C. The smallest absolute Gasteiger partial charge is 0.341 e. The summed E-state index contributed by atoms with van der Waals surface area (Å²) in [4.78, 5) is 22.7. The number of carbonyl (C=O) groups is 1. The molecule has 1 aliphatic rings. The Hall–Kier alpha value is -1.69. The van der Waals surface area contributed by atoms with Crippen LogP contribution in [0.3, 0.4) is 0 Å². The van der Waals surface area contributed by atoms with Crippen LogP contribution in [-0.2, 0) is 4.74 Å². The Balaban J connectivity index is 2.13. The monoisotopic (exact) mass is 293 g/mol. The van der Waals surface area contributed by atoms with Crippen LogP contribution >= 0.6 is 0 Å². The zero-order valence-electron chi connectivity index (χ0n) is 12.7. The highest BCUT2D eigenvalue weighted by atomic mass is 16.5. The summed E-state index contributed by atoms with van der Waals surface area (Å²) in [6, 6.07) is 0.380. The Morgan fingerprint density at radius 1 is 1.57 bits per heavy atom. The number of anilines is 1. The molecule has 6 heteroatoms. The number of esters is 1. The van der Waals surface area contributed by atoms with Crippen molar-refractivity contribution in [3.05, 3.63) is 17.5 Å². The standard InChI is InChI=1S/C15H23N3O3/c1-3-21-14(20)13-10-16-15(17-11(13)2)18-8-4-6-12(18)7-5-9-19/h10,12,19H,3-9H2,1-2H3. The highest BCUT2D eigenvalue weighted by Gasteiger charge is 2.26. The summed E-state index contributed by atoms with van der Waals surface area (Å²) in [6.45, 7) is 5.06. The first-order valence-electron chi connectivity index (χ1n) is 7.55. The van der Waals surface area contributed by atoms with E-state index in [1.165, 1.54) is 0 Å². The lowest BCUT2D eigenvalue weighted by molar-refractivity contribution is 0.0524. The highest BCUT2D eigenvalue weighted by molar-refractivity contribution is 5.90. The lowest BCUT2D eigenvalue weighted by Crippen LogP contribution is -2.31. The van der Waals surface area contributed by atoms with Gasteiger partial charge in [-0.25, -0.2) is 14.8 Å². The number of aryl methyl sites for hydroxylation is 1. The number of aliphatic hydroxyl groups excluding tert-OH is 1. The second-order valence-electron chi connectivity index (χ2n) is 5.24. The summed E-state index contributed by atoms with van der Waals surface area (Å²) in [5.41, 5.74) is 1.07. The van der Waals surface area contributed by atoms with E-state index in [0.29, 0.717) is 29.9 Å². The maximum atomic E-state index is 11.8. The molecule has 2 rings (SSSR count). The molecule has 0 radical (unpaired) electrons. The van der Waals surface area contributed by atoms with Gasteiger partial charge in [0, 0.05) is 25.4 Å². The van der Waals surface area contributed by atoms with Crippen molar-refractivity contribution >= 4 is 11.9 Å². The van der Waals surface area contributed by atoms with Gasteiger partial charge in [-0.3, -0.25) is 0 Å². The Morgan fingerprint density at radius 3 is 3.05 bits per heavy atom. The molecule has 1 aromatic heterocycles. The maximum absolute atomic E-state index is 11.8. The normalized spacial score (nSPS) is 18.0. The van der Waals surface area contributed by atoms with Crippen molar-refractivity contribution < 1.29 is 14.6 Å².